The highest BCUT2D eigenvalue weighted by Gasteiger charge is 2.27. The lowest BCUT2D eigenvalue weighted by molar-refractivity contribution is -0.117. The zero-order valence-corrected chi connectivity index (χ0v) is 12.7. The number of amides is 1. The second kappa shape index (κ2) is 6.57. The third-order valence-electron chi connectivity index (χ3n) is 3.84. The maximum absolute atomic E-state index is 12.1. The van der Waals surface area contributed by atoms with Gasteiger partial charge in [-0.2, -0.15) is 0 Å². The molecule has 1 saturated heterocycles. The lowest BCUT2D eigenvalue weighted by Crippen LogP contribution is -2.32. The van der Waals surface area contributed by atoms with Crippen LogP contribution in [0.4, 0.5) is 5.69 Å². The summed E-state index contributed by atoms with van der Waals surface area (Å²) in [6.45, 7) is 5.69. The lowest BCUT2D eigenvalue weighted by atomic mass is 10.0. The molecule has 0 saturated carbocycles. The van der Waals surface area contributed by atoms with Crippen LogP contribution in [-0.2, 0) is 4.79 Å². The quantitative estimate of drug-likeness (QED) is 0.896. The van der Waals surface area contributed by atoms with Gasteiger partial charge < -0.3 is 10.4 Å². The zero-order valence-electron chi connectivity index (χ0n) is 11.9. The van der Waals surface area contributed by atoms with E-state index in [9.17, 15) is 9.90 Å². The molecule has 1 aromatic rings. The van der Waals surface area contributed by atoms with E-state index in [4.69, 9.17) is 11.6 Å². The normalized spacial score (nSPS) is 20.9. The van der Waals surface area contributed by atoms with E-state index in [2.05, 4.69) is 10.2 Å². The summed E-state index contributed by atoms with van der Waals surface area (Å²) in [5.74, 6) is 0.206. The van der Waals surface area contributed by atoms with E-state index in [1.165, 1.54) is 0 Å². The maximum atomic E-state index is 12.1. The van der Waals surface area contributed by atoms with Gasteiger partial charge in [0.1, 0.15) is 0 Å². The number of nitrogens with zero attached hydrogens (tertiary/aromatic N) is 1. The smallest absolute Gasteiger partial charge is 0.238 e. The van der Waals surface area contributed by atoms with Crippen LogP contribution >= 0.6 is 11.6 Å². The number of nitrogens with one attached hydrogen (secondary N) is 1. The molecule has 1 aliphatic heterocycles. The molecule has 0 aliphatic carbocycles. The van der Waals surface area contributed by atoms with Crippen molar-refractivity contribution in [3.63, 3.8) is 0 Å². The van der Waals surface area contributed by atoms with Gasteiger partial charge in [0.05, 0.1) is 23.4 Å². The van der Waals surface area contributed by atoms with Crippen molar-refractivity contribution in [3.8, 4) is 0 Å². The van der Waals surface area contributed by atoms with E-state index < -0.39 is 0 Å². The minimum atomic E-state index is -0.311. The topological polar surface area (TPSA) is 52.6 Å². The summed E-state index contributed by atoms with van der Waals surface area (Å²) in [5.41, 5.74) is 1.64. The number of benzene rings is 1. The van der Waals surface area contributed by atoms with Crippen LogP contribution in [0.5, 0.6) is 0 Å². The largest absolute Gasteiger partial charge is 0.393 e. The number of aliphatic hydroxyl groups excluding tert-OH is 1. The van der Waals surface area contributed by atoms with Crippen LogP contribution in [0, 0.1) is 12.8 Å². The number of halogens is 1. The molecule has 20 heavy (non-hydrogen) atoms. The second-order valence-electron chi connectivity index (χ2n) is 5.50. The highest BCUT2D eigenvalue weighted by atomic mass is 35.5. The molecule has 1 amide bonds. The van der Waals surface area contributed by atoms with Crippen molar-refractivity contribution in [2.24, 2.45) is 5.92 Å². The molecule has 1 aliphatic rings. The summed E-state index contributed by atoms with van der Waals surface area (Å²) in [7, 11) is 0. The number of hydrogen-bond acceptors (Lipinski definition) is 3. The molecule has 2 unspecified atom stereocenters. The zero-order chi connectivity index (χ0) is 14.7. The number of aryl methyl sites for hydroxylation is 1. The van der Waals surface area contributed by atoms with E-state index in [-0.39, 0.29) is 17.9 Å². The third kappa shape index (κ3) is 3.72. The molecule has 0 spiro atoms. The molecule has 2 atom stereocenters. The van der Waals surface area contributed by atoms with Crippen LogP contribution in [0.3, 0.4) is 0 Å². The van der Waals surface area contributed by atoms with Gasteiger partial charge in [0.25, 0.3) is 0 Å². The van der Waals surface area contributed by atoms with Gasteiger partial charge in [-0.25, -0.2) is 0 Å². The molecular weight excluding hydrogens is 276 g/mol. The fourth-order valence-corrected chi connectivity index (χ4v) is 2.84. The van der Waals surface area contributed by atoms with Gasteiger partial charge in [-0.05, 0) is 44.4 Å². The van der Waals surface area contributed by atoms with Gasteiger partial charge in [-0.15, -0.1) is 0 Å². The number of carbonyl (C=O) groups excluding carboxylic acids is 1. The Morgan fingerprint density at radius 3 is 2.95 bits per heavy atom. The van der Waals surface area contributed by atoms with Crippen LogP contribution in [0.25, 0.3) is 0 Å². The molecular formula is C15H21ClN2O2. The number of carbonyl (C=O) groups is 1. The Morgan fingerprint density at radius 1 is 1.60 bits per heavy atom. The first-order chi connectivity index (χ1) is 9.47. The lowest BCUT2D eigenvalue weighted by Gasteiger charge is -2.17. The number of hydrogen-bond donors (Lipinski definition) is 2. The fraction of sp³-hybridized carbons (Fsp3) is 0.533. The summed E-state index contributed by atoms with van der Waals surface area (Å²) in [4.78, 5) is 14.1. The molecule has 0 bridgehead atoms. The van der Waals surface area contributed by atoms with E-state index in [0.717, 1.165) is 25.1 Å². The van der Waals surface area contributed by atoms with Crippen molar-refractivity contribution in [2.45, 2.75) is 26.4 Å². The van der Waals surface area contributed by atoms with Crippen molar-refractivity contribution >= 4 is 23.2 Å². The predicted molar refractivity (Wildman–Crippen MR) is 81.0 cm³/mol. The van der Waals surface area contributed by atoms with Crippen molar-refractivity contribution < 1.29 is 9.90 Å². The van der Waals surface area contributed by atoms with Crippen molar-refractivity contribution in [2.75, 3.05) is 25.0 Å². The van der Waals surface area contributed by atoms with Crippen molar-refractivity contribution in [1.82, 2.24) is 4.90 Å². The number of anilines is 1. The first-order valence-electron chi connectivity index (χ1n) is 6.92. The third-order valence-corrected chi connectivity index (χ3v) is 4.16. The molecule has 2 N–H and O–H groups in total. The highest BCUT2D eigenvalue weighted by molar-refractivity contribution is 6.33. The van der Waals surface area contributed by atoms with Gasteiger partial charge in [0.2, 0.25) is 5.91 Å². The Morgan fingerprint density at radius 2 is 2.35 bits per heavy atom. The first kappa shape index (κ1) is 15.3. The van der Waals surface area contributed by atoms with E-state index in [1.807, 2.05) is 19.1 Å². The van der Waals surface area contributed by atoms with Crippen LogP contribution < -0.4 is 5.32 Å². The van der Waals surface area contributed by atoms with Crippen LogP contribution in [0.2, 0.25) is 5.02 Å². The van der Waals surface area contributed by atoms with Gasteiger partial charge >= 0.3 is 0 Å². The molecule has 2 rings (SSSR count). The van der Waals surface area contributed by atoms with Gasteiger partial charge in [0, 0.05) is 6.54 Å². The number of rotatable bonds is 4. The SMILES string of the molecule is Cc1cccc(Cl)c1NC(=O)CN1CCC(C(C)O)C1. The monoisotopic (exact) mass is 296 g/mol. The molecule has 0 aromatic heterocycles. The summed E-state index contributed by atoms with van der Waals surface area (Å²) in [5, 5.41) is 13.0. The summed E-state index contributed by atoms with van der Waals surface area (Å²) < 4.78 is 0. The van der Waals surface area contributed by atoms with Crippen molar-refractivity contribution in [3.05, 3.63) is 28.8 Å². The second-order valence-corrected chi connectivity index (χ2v) is 5.91. The summed E-state index contributed by atoms with van der Waals surface area (Å²) >= 11 is 6.09. The number of aliphatic hydroxyl groups is 1. The van der Waals surface area contributed by atoms with Gasteiger partial charge in [-0.1, -0.05) is 23.7 Å². The Bertz CT molecular complexity index is 471. The van der Waals surface area contributed by atoms with Gasteiger partial charge in [-0.3, -0.25) is 9.69 Å². The Balaban J connectivity index is 1.91. The van der Waals surface area contributed by atoms with E-state index in [0.29, 0.717) is 17.3 Å². The first-order valence-corrected chi connectivity index (χ1v) is 7.30. The van der Waals surface area contributed by atoms with E-state index in [1.54, 1.807) is 13.0 Å². The molecule has 1 aromatic carbocycles. The average Bonchev–Trinajstić information content (AvgIpc) is 2.82. The summed E-state index contributed by atoms with van der Waals surface area (Å²) in [6.07, 6.45) is 0.629. The maximum Gasteiger partial charge on any atom is 0.238 e. The molecule has 4 nitrogen and oxygen atoms in total. The van der Waals surface area contributed by atoms with Crippen LogP contribution in [0.1, 0.15) is 18.9 Å². The van der Waals surface area contributed by atoms with Crippen LogP contribution in [0.15, 0.2) is 18.2 Å². The molecule has 1 fully saturated rings. The Labute approximate surface area is 124 Å². The Kier molecular flexibility index (Phi) is 5.02. The fourth-order valence-electron chi connectivity index (χ4n) is 2.57. The number of likely N-dealkylation sites (tertiary alicyclic amines) is 1. The molecule has 0 radical (unpaired) electrons. The van der Waals surface area contributed by atoms with Crippen molar-refractivity contribution in [1.29, 1.82) is 0 Å². The average molecular weight is 297 g/mol. The molecule has 110 valence electrons. The standard InChI is InChI=1S/C15H21ClN2O2/c1-10-4-3-5-13(16)15(10)17-14(20)9-18-7-6-12(8-18)11(2)19/h3-5,11-12,19H,6-9H2,1-2H3,(H,17,20). The molecule has 1 heterocycles. The predicted octanol–water partition coefficient (Wildman–Crippen LogP) is 2.29. The minimum Gasteiger partial charge on any atom is -0.393 e. The Hall–Kier alpha value is -1.10. The molecule has 5 heteroatoms. The number of para-hydroxylation sites is 1. The minimum absolute atomic E-state index is 0.0626. The van der Waals surface area contributed by atoms with Crippen LogP contribution in [-0.4, -0.2) is 41.7 Å². The highest BCUT2D eigenvalue weighted by Crippen LogP contribution is 2.25. The summed E-state index contributed by atoms with van der Waals surface area (Å²) in [6, 6.07) is 5.55. The van der Waals surface area contributed by atoms with E-state index >= 15 is 0 Å². The van der Waals surface area contributed by atoms with Gasteiger partial charge in [0.15, 0.2) is 0 Å².